The Hall–Kier alpha value is -1.05. The molecule has 1 saturated carbocycles. The molecular weight excluding hydrogens is 340 g/mol. The summed E-state index contributed by atoms with van der Waals surface area (Å²) in [7, 11) is 0. The maximum absolute atomic E-state index is 12.5. The normalized spacial score (nSPS) is 38.4. The Kier molecular flexibility index (Phi) is 4.58. The van der Waals surface area contributed by atoms with Crippen molar-refractivity contribution in [2.75, 3.05) is 18.8 Å². The molecule has 6 nitrogen and oxygen atoms in total. The second-order valence-corrected chi connectivity index (χ2v) is 9.03. The molecule has 2 saturated heterocycles. The molecule has 4 rings (SSSR count). The van der Waals surface area contributed by atoms with Crippen LogP contribution in [-0.2, 0) is 9.59 Å². The average molecular weight is 366 g/mol. The van der Waals surface area contributed by atoms with Crippen LogP contribution in [0.3, 0.4) is 0 Å². The lowest BCUT2D eigenvalue weighted by Gasteiger charge is -2.47. The molecule has 25 heavy (non-hydrogen) atoms. The molecule has 3 heterocycles. The molecule has 6 atom stereocenters. The van der Waals surface area contributed by atoms with Gasteiger partial charge in [-0.2, -0.15) is 11.8 Å². The Morgan fingerprint density at radius 2 is 2.20 bits per heavy atom. The van der Waals surface area contributed by atoms with Crippen molar-refractivity contribution in [3.8, 4) is 0 Å². The van der Waals surface area contributed by atoms with Gasteiger partial charge in [0.25, 0.3) is 0 Å². The number of hydrogen-bond donors (Lipinski definition) is 3. The van der Waals surface area contributed by atoms with Crippen molar-refractivity contribution in [3.63, 3.8) is 0 Å². The SMILES string of the molecule is C[C@@H](O)[C@H]1C(=O)N2C(C(=O)O)=C3[C@@H](SC[C@@H]4CCNC4)CCC[C@H]3[C@H]12. The zero-order valence-electron chi connectivity index (χ0n) is 14.5. The lowest BCUT2D eigenvalue weighted by atomic mass is 9.72. The van der Waals surface area contributed by atoms with E-state index in [9.17, 15) is 19.8 Å². The van der Waals surface area contributed by atoms with Gasteiger partial charge in [-0.3, -0.25) is 4.79 Å². The van der Waals surface area contributed by atoms with Gasteiger partial charge in [0.1, 0.15) is 5.70 Å². The molecule has 0 spiro atoms. The van der Waals surface area contributed by atoms with Crippen LogP contribution >= 0.6 is 11.8 Å². The quantitative estimate of drug-likeness (QED) is 0.631. The van der Waals surface area contributed by atoms with E-state index in [1.54, 1.807) is 6.92 Å². The van der Waals surface area contributed by atoms with E-state index in [0.29, 0.717) is 5.92 Å². The largest absolute Gasteiger partial charge is 0.477 e. The predicted octanol–water partition coefficient (Wildman–Crippen LogP) is 1.06. The minimum absolute atomic E-state index is 0.108. The maximum Gasteiger partial charge on any atom is 0.352 e. The third-order valence-corrected chi connectivity index (χ3v) is 7.82. The third kappa shape index (κ3) is 2.71. The summed E-state index contributed by atoms with van der Waals surface area (Å²) in [6, 6.07) is -0.148. The van der Waals surface area contributed by atoms with E-state index >= 15 is 0 Å². The Labute approximate surface area is 152 Å². The first-order valence-electron chi connectivity index (χ1n) is 9.31. The second kappa shape index (κ2) is 6.59. The van der Waals surface area contributed by atoms with Crippen molar-refractivity contribution in [1.29, 1.82) is 0 Å². The van der Waals surface area contributed by atoms with Gasteiger partial charge in [0.15, 0.2) is 0 Å². The molecule has 4 aliphatic rings. The standard InChI is InChI=1S/C18H26N2O4S/c1-9(21)13-15-11-3-2-4-12(25-8-10-5-6-19-7-10)14(11)16(18(23)24)20(15)17(13)22/h9-13,15,19,21H,2-8H2,1H3,(H,23,24)/t9-,10-,11-,12+,13-,15-/m1/s1. The number of aliphatic hydroxyl groups is 1. The lowest BCUT2D eigenvalue weighted by Crippen LogP contribution is -2.64. The first-order valence-corrected chi connectivity index (χ1v) is 10.4. The predicted molar refractivity (Wildman–Crippen MR) is 95.0 cm³/mol. The van der Waals surface area contributed by atoms with Gasteiger partial charge >= 0.3 is 5.97 Å². The monoisotopic (exact) mass is 366 g/mol. The Morgan fingerprint density at radius 3 is 2.84 bits per heavy atom. The molecule has 0 unspecified atom stereocenters. The number of thioether (sulfide) groups is 1. The van der Waals surface area contributed by atoms with Crippen molar-refractivity contribution < 1.29 is 19.8 Å². The molecule has 3 N–H and O–H groups in total. The minimum atomic E-state index is -0.991. The highest BCUT2D eigenvalue weighted by molar-refractivity contribution is 8.00. The number of amides is 1. The molecule has 0 aromatic heterocycles. The van der Waals surface area contributed by atoms with E-state index in [1.807, 2.05) is 11.8 Å². The van der Waals surface area contributed by atoms with Crippen LogP contribution in [0.4, 0.5) is 0 Å². The Morgan fingerprint density at radius 1 is 1.40 bits per heavy atom. The summed E-state index contributed by atoms with van der Waals surface area (Å²) in [5.74, 6) is 0.151. The molecule has 1 aliphatic carbocycles. The van der Waals surface area contributed by atoms with Crippen LogP contribution in [0.5, 0.6) is 0 Å². The van der Waals surface area contributed by atoms with Gasteiger partial charge in [0.2, 0.25) is 5.91 Å². The fraction of sp³-hybridized carbons (Fsp3) is 0.778. The van der Waals surface area contributed by atoms with E-state index in [1.165, 1.54) is 11.3 Å². The zero-order chi connectivity index (χ0) is 17.7. The molecule has 7 heteroatoms. The second-order valence-electron chi connectivity index (χ2n) is 7.79. The van der Waals surface area contributed by atoms with Gasteiger partial charge in [-0.1, -0.05) is 6.42 Å². The fourth-order valence-corrected chi connectivity index (χ4v) is 6.70. The summed E-state index contributed by atoms with van der Waals surface area (Å²) >= 11 is 1.87. The van der Waals surface area contributed by atoms with Crippen molar-refractivity contribution in [1.82, 2.24) is 10.2 Å². The van der Waals surface area contributed by atoms with E-state index < -0.39 is 18.0 Å². The molecule has 3 fully saturated rings. The van der Waals surface area contributed by atoms with Crippen LogP contribution in [0.2, 0.25) is 0 Å². The summed E-state index contributed by atoms with van der Waals surface area (Å²) in [6.45, 7) is 3.76. The number of carbonyl (C=O) groups is 2. The van der Waals surface area contributed by atoms with Crippen molar-refractivity contribution in [2.45, 2.75) is 50.0 Å². The van der Waals surface area contributed by atoms with Crippen molar-refractivity contribution in [3.05, 3.63) is 11.3 Å². The summed E-state index contributed by atoms with van der Waals surface area (Å²) in [5.41, 5.74) is 1.19. The number of carbonyl (C=O) groups excluding carboxylic acids is 1. The van der Waals surface area contributed by atoms with Crippen LogP contribution in [-0.4, -0.2) is 63.2 Å². The summed E-state index contributed by atoms with van der Waals surface area (Å²) in [5, 5.41) is 23.3. The van der Waals surface area contributed by atoms with Gasteiger partial charge in [-0.05, 0) is 56.5 Å². The highest BCUT2D eigenvalue weighted by Gasteiger charge is 2.62. The fourth-order valence-electron chi connectivity index (χ4n) is 5.12. The first kappa shape index (κ1) is 17.4. The van der Waals surface area contributed by atoms with Gasteiger partial charge < -0.3 is 20.4 Å². The van der Waals surface area contributed by atoms with E-state index in [-0.39, 0.29) is 28.8 Å². The smallest absolute Gasteiger partial charge is 0.352 e. The van der Waals surface area contributed by atoms with Crippen LogP contribution in [0, 0.1) is 17.8 Å². The summed E-state index contributed by atoms with van der Waals surface area (Å²) < 4.78 is 0. The molecule has 0 aromatic carbocycles. The van der Waals surface area contributed by atoms with Crippen molar-refractivity contribution >= 4 is 23.6 Å². The van der Waals surface area contributed by atoms with E-state index in [2.05, 4.69) is 5.32 Å². The van der Waals surface area contributed by atoms with Crippen LogP contribution in [0.1, 0.15) is 32.6 Å². The number of carboxylic acid groups (broad SMARTS) is 1. The number of hydrogen-bond acceptors (Lipinski definition) is 5. The lowest BCUT2D eigenvalue weighted by molar-refractivity contribution is -0.163. The highest BCUT2D eigenvalue weighted by atomic mass is 32.2. The molecule has 1 amide bonds. The molecule has 138 valence electrons. The number of rotatable bonds is 5. The third-order valence-electron chi connectivity index (χ3n) is 6.26. The summed E-state index contributed by atoms with van der Waals surface area (Å²) in [4.78, 5) is 25.9. The van der Waals surface area contributed by atoms with Crippen molar-refractivity contribution in [2.24, 2.45) is 17.8 Å². The topological polar surface area (TPSA) is 89.9 Å². The van der Waals surface area contributed by atoms with Gasteiger partial charge in [0, 0.05) is 11.2 Å². The van der Waals surface area contributed by atoms with Crippen LogP contribution in [0.15, 0.2) is 11.3 Å². The number of β-lactam (4-membered cyclic amide) rings is 1. The Balaban J connectivity index is 1.59. The van der Waals surface area contributed by atoms with Crippen LogP contribution < -0.4 is 5.32 Å². The number of fused-ring (bicyclic) bond motifs is 3. The number of nitrogens with one attached hydrogen (secondary N) is 1. The maximum atomic E-state index is 12.5. The number of carboxylic acids is 1. The average Bonchev–Trinajstić information content (AvgIpc) is 3.17. The highest BCUT2D eigenvalue weighted by Crippen LogP contribution is 2.54. The minimum Gasteiger partial charge on any atom is -0.477 e. The van der Waals surface area contributed by atoms with E-state index in [0.717, 1.165) is 43.7 Å². The van der Waals surface area contributed by atoms with Gasteiger partial charge in [0.05, 0.1) is 18.1 Å². The molecule has 0 aromatic rings. The van der Waals surface area contributed by atoms with Gasteiger partial charge in [-0.15, -0.1) is 0 Å². The number of nitrogens with zero attached hydrogens (tertiary/aromatic N) is 1. The number of aliphatic carboxylic acids is 1. The van der Waals surface area contributed by atoms with Gasteiger partial charge in [-0.25, -0.2) is 4.79 Å². The molecule has 0 bridgehead atoms. The van der Waals surface area contributed by atoms with E-state index in [4.69, 9.17) is 0 Å². The Bertz CT molecular complexity index is 614. The summed E-state index contributed by atoms with van der Waals surface area (Å²) in [6.07, 6.45) is 3.44. The zero-order valence-corrected chi connectivity index (χ0v) is 15.3. The van der Waals surface area contributed by atoms with Crippen LogP contribution in [0.25, 0.3) is 0 Å². The molecular formula is C18H26N2O4S. The molecule has 3 aliphatic heterocycles. The number of aliphatic hydroxyl groups excluding tert-OH is 1. The molecule has 0 radical (unpaired) electrons. The first-order chi connectivity index (χ1) is 12.0.